The summed E-state index contributed by atoms with van der Waals surface area (Å²) in [6, 6.07) is 0.419. The third-order valence-corrected chi connectivity index (χ3v) is 3.44. The molecule has 0 aliphatic heterocycles. The predicted octanol–water partition coefficient (Wildman–Crippen LogP) is 1.80. The highest BCUT2D eigenvalue weighted by Crippen LogP contribution is 2.30. The van der Waals surface area contributed by atoms with Crippen molar-refractivity contribution < 1.29 is 4.74 Å². The summed E-state index contributed by atoms with van der Waals surface area (Å²) in [6.45, 7) is 2.80. The van der Waals surface area contributed by atoms with Gasteiger partial charge in [0.05, 0.1) is 6.10 Å². The van der Waals surface area contributed by atoms with Gasteiger partial charge >= 0.3 is 0 Å². The van der Waals surface area contributed by atoms with E-state index < -0.39 is 0 Å². The minimum Gasteiger partial charge on any atom is -0.383 e. The number of nitrogen functional groups attached to an aromatic ring is 1. The average molecular weight is 287 g/mol. The van der Waals surface area contributed by atoms with Crippen LogP contribution in [-0.2, 0) is 4.74 Å². The zero-order chi connectivity index (χ0) is 11.5. The summed E-state index contributed by atoms with van der Waals surface area (Å²) in [7, 11) is 0. The van der Waals surface area contributed by atoms with Crippen LogP contribution >= 0.6 is 15.9 Å². The van der Waals surface area contributed by atoms with Crippen LogP contribution in [0.4, 0.5) is 11.6 Å². The van der Waals surface area contributed by atoms with E-state index in [1.165, 1.54) is 6.33 Å². The topological polar surface area (TPSA) is 73.1 Å². The van der Waals surface area contributed by atoms with Crippen LogP contribution in [0.25, 0.3) is 0 Å². The number of ether oxygens (including phenoxy) is 1. The molecule has 0 bridgehead atoms. The zero-order valence-corrected chi connectivity index (χ0v) is 10.7. The first-order valence-electron chi connectivity index (χ1n) is 5.34. The second-order valence-electron chi connectivity index (χ2n) is 3.81. The summed E-state index contributed by atoms with van der Waals surface area (Å²) in [5.41, 5.74) is 5.67. The molecule has 0 spiro atoms. The van der Waals surface area contributed by atoms with E-state index >= 15 is 0 Å². The molecule has 0 amide bonds. The van der Waals surface area contributed by atoms with Crippen LogP contribution in [0.15, 0.2) is 10.8 Å². The minimum atomic E-state index is 0.389. The number of nitrogens with two attached hydrogens (primary N) is 1. The van der Waals surface area contributed by atoms with Crippen molar-refractivity contribution in [2.24, 2.45) is 0 Å². The molecule has 1 fully saturated rings. The zero-order valence-electron chi connectivity index (χ0n) is 9.11. The van der Waals surface area contributed by atoms with Crippen molar-refractivity contribution in [3.8, 4) is 0 Å². The number of nitrogens with one attached hydrogen (secondary N) is 1. The van der Waals surface area contributed by atoms with Gasteiger partial charge in [-0.15, -0.1) is 0 Å². The highest BCUT2D eigenvalue weighted by atomic mass is 79.9. The van der Waals surface area contributed by atoms with E-state index in [0.717, 1.165) is 29.7 Å². The summed E-state index contributed by atoms with van der Waals surface area (Å²) >= 11 is 3.36. The van der Waals surface area contributed by atoms with Gasteiger partial charge in [-0.2, -0.15) is 0 Å². The largest absolute Gasteiger partial charge is 0.383 e. The van der Waals surface area contributed by atoms with Crippen LogP contribution in [0.2, 0.25) is 0 Å². The van der Waals surface area contributed by atoms with Crippen LogP contribution in [-0.4, -0.2) is 28.7 Å². The fourth-order valence-corrected chi connectivity index (χ4v) is 2.05. The number of anilines is 2. The van der Waals surface area contributed by atoms with E-state index in [0.29, 0.717) is 18.0 Å². The molecule has 6 heteroatoms. The summed E-state index contributed by atoms with van der Waals surface area (Å²) in [5.74, 6) is 1.21. The normalized spacial score (nSPS) is 23.9. The van der Waals surface area contributed by atoms with Crippen LogP contribution in [0.1, 0.15) is 19.8 Å². The van der Waals surface area contributed by atoms with Crippen molar-refractivity contribution >= 4 is 27.6 Å². The van der Waals surface area contributed by atoms with E-state index in [2.05, 4.69) is 31.2 Å². The lowest BCUT2D eigenvalue weighted by molar-refractivity contribution is 0.00291. The maximum atomic E-state index is 5.67. The molecule has 3 N–H and O–H groups in total. The molecule has 16 heavy (non-hydrogen) atoms. The summed E-state index contributed by atoms with van der Waals surface area (Å²) in [5, 5.41) is 3.32. The molecule has 0 atom stereocenters. The first kappa shape index (κ1) is 11.6. The highest BCUT2D eigenvalue weighted by molar-refractivity contribution is 9.10. The smallest absolute Gasteiger partial charge is 0.146 e. The summed E-state index contributed by atoms with van der Waals surface area (Å²) in [4.78, 5) is 8.03. The lowest BCUT2D eigenvalue weighted by Gasteiger charge is -2.35. The Hall–Kier alpha value is -0.880. The molecule has 0 radical (unpaired) electrons. The third kappa shape index (κ3) is 2.44. The molecule has 2 rings (SSSR count). The van der Waals surface area contributed by atoms with Crippen molar-refractivity contribution in [1.82, 2.24) is 9.97 Å². The van der Waals surface area contributed by atoms with Crippen molar-refractivity contribution in [2.45, 2.75) is 31.9 Å². The van der Waals surface area contributed by atoms with Crippen molar-refractivity contribution in [3.05, 3.63) is 10.8 Å². The fraction of sp³-hybridized carbons (Fsp3) is 0.600. The molecule has 0 unspecified atom stereocenters. The second-order valence-corrected chi connectivity index (χ2v) is 4.60. The first-order chi connectivity index (χ1) is 7.70. The van der Waals surface area contributed by atoms with Crippen LogP contribution in [0, 0.1) is 0 Å². The third-order valence-electron chi connectivity index (χ3n) is 2.65. The van der Waals surface area contributed by atoms with Gasteiger partial charge in [-0.05, 0) is 35.7 Å². The van der Waals surface area contributed by atoms with Gasteiger partial charge in [-0.3, -0.25) is 0 Å². The van der Waals surface area contributed by atoms with Crippen LogP contribution < -0.4 is 11.1 Å². The lowest BCUT2D eigenvalue weighted by Crippen LogP contribution is -2.41. The SMILES string of the molecule is CCOC1CC(Nc2ncnc(N)c2Br)C1. The van der Waals surface area contributed by atoms with Gasteiger partial charge in [0.2, 0.25) is 0 Å². The Balaban J connectivity index is 1.89. The van der Waals surface area contributed by atoms with E-state index in [1.807, 2.05) is 6.92 Å². The molecule has 0 saturated heterocycles. The number of hydrogen-bond donors (Lipinski definition) is 2. The Bertz CT molecular complexity index is 368. The van der Waals surface area contributed by atoms with Crippen LogP contribution in [0.3, 0.4) is 0 Å². The number of hydrogen-bond acceptors (Lipinski definition) is 5. The number of aromatic nitrogens is 2. The minimum absolute atomic E-state index is 0.389. The van der Waals surface area contributed by atoms with Crippen molar-refractivity contribution in [3.63, 3.8) is 0 Å². The molecule has 5 nitrogen and oxygen atoms in total. The molecule has 1 saturated carbocycles. The van der Waals surface area contributed by atoms with E-state index in [-0.39, 0.29) is 0 Å². The molecule has 1 aliphatic carbocycles. The Kier molecular flexibility index (Phi) is 3.60. The fourth-order valence-electron chi connectivity index (χ4n) is 1.73. The number of nitrogens with zero attached hydrogens (tertiary/aromatic N) is 2. The van der Waals surface area contributed by atoms with Gasteiger partial charge in [-0.25, -0.2) is 9.97 Å². The van der Waals surface area contributed by atoms with Gasteiger partial charge in [0.25, 0.3) is 0 Å². The lowest BCUT2D eigenvalue weighted by atomic mass is 9.89. The van der Waals surface area contributed by atoms with E-state index in [1.54, 1.807) is 0 Å². The number of rotatable bonds is 4. The van der Waals surface area contributed by atoms with Gasteiger partial charge in [0, 0.05) is 12.6 Å². The molecular formula is C10H15BrN4O. The summed E-state index contributed by atoms with van der Waals surface area (Å²) < 4.78 is 6.22. The van der Waals surface area contributed by atoms with Gasteiger partial charge in [0.15, 0.2) is 0 Å². The van der Waals surface area contributed by atoms with E-state index in [9.17, 15) is 0 Å². The molecule has 88 valence electrons. The first-order valence-corrected chi connectivity index (χ1v) is 6.14. The standard InChI is InChI=1S/C10H15BrN4O/c1-2-16-7-3-6(4-7)15-10-8(11)9(12)13-5-14-10/h5-7H,2-4H2,1H3,(H3,12,13,14,15). The Morgan fingerprint density at radius 2 is 2.31 bits per heavy atom. The maximum absolute atomic E-state index is 5.67. The average Bonchev–Trinajstić information content (AvgIpc) is 2.21. The molecule has 1 aliphatic rings. The van der Waals surface area contributed by atoms with Gasteiger partial charge < -0.3 is 15.8 Å². The quantitative estimate of drug-likeness (QED) is 0.883. The maximum Gasteiger partial charge on any atom is 0.146 e. The molecular weight excluding hydrogens is 272 g/mol. The Morgan fingerprint density at radius 1 is 1.56 bits per heavy atom. The number of halogens is 1. The monoisotopic (exact) mass is 286 g/mol. The molecule has 1 aromatic heterocycles. The Labute approximate surface area is 103 Å². The van der Waals surface area contributed by atoms with Crippen molar-refractivity contribution in [1.29, 1.82) is 0 Å². The second kappa shape index (κ2) is 4.97. The van der Waals surface area contributed by atoms with Gasteiger partial charge in [0.1, 0.15) is 22.4 Å². The van der Waals surface area contributed by atoms with E-state index in [4.69, 9.17) is 10.5 Å². The highest BCUT2D eigenvalue weighted by Gasteiger charge is 2.30. The van der Waals surface area contributed by atoms with Crippen LogP contribution in [0.5, 0.6) is 0 Å². The molecule has 0 aromatic carbocycles. The molecule has 1 aromatic rings. The summed E-state index contributed by atoms with van der Waals surface area (Å²) in [6.07, 6.45) is 3.88. The predicted molar refractivity (Wildman–Crippen MR) is 66.2 cm³/mol. The molecule has 1 heterocycles. The van der Waals surface area contributed by atoms with Crippen molar-refractivity contribution in [2.75, 3.05) is 17.7 Å². The Morgan fingerprint density at radius 3 is 3.00 bits per heavy atom. The van der Waals surface area contributed by atoms with Gasteiger partial charge in [-0.1, -0.05) is 0 Å².